The molecule has 0 atom stereocenters. The number of nitrogens with one attached hydrogen (secondary N) is 1. The summed E-state index contributed by atoms with van der Waals surface area (Å²) in [5, 5.41) is 3.50. The topological polar surface area (TPSA) is 101 Å². The molecule has 37 heavy (non-hydrogen) atoms. The van der Waals surface area contributed by atoms with Crippen molar-refractivity contribution in [3.8, 4) is 0 Å². The van der Waals surface area contributed by atoms with E-state index in [2.05, 4.69) is 15.3 Å². The van der Waals surface area contributed by atoms with E-state index in [9.17, 15) is 22.8 Å². The molecule has 3 heterocycles. The number of aryl methyl sites for hydroxylation is 1. The SMILES string of the molecule is Cc1cc2cc(C(=O)N(Cc3ccc4c(c3)CNC4=O)Cc3ccc(C(F)(F)F)cn3)ccc2nc1N. The van der Waals surface area contributed by atoms with Gasteiger partial charge in [0.25, 0.3) is 11.8 Å². The number of nitrogen functional groups attached to an aromatic ring is 1. The second kappa shape index (κ2) is 9.20. The first kappa shape index (κ1) is 24.2. The van der Waals surface area contributed by atoms with E-state index in [1.54, 1.807) is 30.3 Å². The third-order valence-corrected chi connectivity index (χ3v) is 6.31. The summed E-state index contributed by atoms with van der Waals surface area (Å²) >= 11 is 0. The lowest BCUT2D eigenvalue weighted by Gasteiger charge is -2.23. The maximum absolute atomic E-state index is 13.7. The predicted octanol–water partition coefficient (Wildman–Crippen LogP) is 4.63. The van der Waals surface area contributed by atoms with Crippen LogP contribution in [0.1, 0.15) is 48.7 Å². The van der Waals surface area contributed by atoms with E-state index in [0.717, 1.165) is 34.3 Å². The number of amides is 2. The molecule has 0 fully saturated rings. The molecule has 2 amide bonds. The van der Waals surface area contributed by atoms with E-state index in [1.807, 2.05) is 19.1 Å². The van der Waals surface area contributed by atoms with Crippen molar-refractivity contribution in [3.05, 3.63) is 99.9 Å². The van der Waals surface area contributed by atoms with Crippen molar-refractivity contribution < 1.29 is 22.8 Å². The smallest absolute Gasteiger partial charge is 0.383 e. The van der Waals surface area contributed by atoms with Gasteiger partial charge in [0.15, 0.2) is 0 Å². The molecule has 2 aromatic carbocycles. The van der Waals surface area contributed by atoms with Crippen molar-refractivity contribution in [1.29, 1.82) is 0 Å². The minimum Gasteiger partial charge on any atom is -0.383 e. The van der Waals surface area contributed by atoms with Crippen LogP contribution in [0, 0.1) is 6.92 Å². The van der Waals surface area contributed by atoms with E-state index in [4.69, 9.17) is 5.73 Å². The molecule has 188 valence electrons. The maximum atomic E-state index is 13.7. The van der Waals surface area contributed by atoms with Gasteiger partial charge in [-0.2, -0.15) is 13.2 Å². The molecule has 5 rings (SSSR count). The van der Waals surface area contributed by atoms with Gasteiger partial charge in [0.05, 0.1) is 23.3 Å². The molecule has 1 aliphatic heterocycles. The molecule has 2 aromatic heterocycles. The number of anilines is 1. The van der Waals surface area contributed by atoms with Gasteiger partial charge in [-0.1, -0.05) is 12.1 Å². The van der Waals surface area contributed by atoms with Crippen molar-refractivity contribution >= 4 is 28.5 Å². The van der Waals surface area contributed by atoms with Gasteiger partial charge in [0.1, 0.15) is 5.82 Å². The summed E-state index contributed by atoms with van der Waals surface area (Å²) in [5.74, 6) is -0.0666. The Bertz CT molecular complexity index is 1530. The van der Waals surface area contributed by atoms with Crippen molar-refractivity contribution in [1.82, 2.24) is 20.2 Å². The number of nitrogens with two attached hydrogens (primary N) is 1. The van der Waals surface area contributed by atoms with E-state index >= 15 is 0 Å². The van der Waals surface area contributed by atoms with Gasteiger partial charge in [-0.25, -0.2) is 4.98 Å². The molecule has 0 saturated heterocycles. The normalized spacial score (nSPS) is 12.9. The molecular formula is C27H22F3N5O2. The number of fused-ring (bicyclic) bond motifs is 2. The molecule has 0 aliphatic carbocycles. The largest absolute Gasteiger partial charge is 0.417 e. The Morgan fingerprint density at radius 2 is 1.89 bits per heavy atom. The minimum absolute atomic E-state index is 0.0116. The Balaban J connectivity index is 1.48. The first-order valence-corrected chi connectivity index (χ1v) is 11.5. The third-order valence-electron chi connectivity index (χ3n) is 6.31. The summed E-state index contributed by atoms with van der Waals surface area (Å²) in [5.41, 5.74) is 9.36. The fourth-order valence-electron chi connectivity index (χ4n) is 4.30. The van der Waals surface area contributed by atoms with Crippen LogP contribution < -0.4 is 11.1 Å². The molecule has 3 N–H and O–H groups in total. The van der Waals surface area contributed by atoms with Gasteiger partial charge in [-0.05, 0) is 66.1 Å². The van der Waals surface area contributed by atoms with E-state index in [-0.39, 0.29) is 24.9 Å². The fourth-order valence-corrected chi connectivity index (χ4v) is 4.30. The summed E-state index contributed by atoms with van der Waals surface area (Å²) in [6, 6.07) is 14.5. The van der Waals surface area contributed by atoms with Crippen LogP contribution in [0.3, 0.4) is 0 Å². The Hall–Kier alpha value is -4.47. The maximum Gasteiger partial charge on any atom is 0.417 e. The predicted molar refractivity (Wildman–Crippen MR) is 131 cm³/mol. The number of rotatable bonds is 5. The van der Waals surface area contributed by atoms with E-state index < -0.39 is 11.7 Å². The minimum atomic E-state index is -4.50. The zero-order chi connectivity index (χ0) is 26.3. The van der Waals surface area contributed by atoms with Gasteiger partial charge in [-0.15, -0.1) is 0 Å². The molecule has 0 unspecified atom stereocenters. The van der Waals surface area contributed by atoms with Crippen LogP contribution in [0.4, 0.5) is 19.0 Å². The van der Waals surface area contributed by atoms with Crippen molar-refractivity contribution in [2.45, 2.75) is 32.7 Å². The second-order valence-corrected chi connectivity index (χ2v) is 8.97. The highest BCUT2D eigenvalue weighted by atomic mass is 19.4. The lowest BCUT2D eigenvalue weighted by Crippen LogP contribution is -2.30. The first-order valence-electron chi connectivity index (χ1n) is 11.5. The second-order valence-electron chi connectivity index (χ2n) is 8.97. The number of nitrogens with zero attached hydrogens (tertiary/aromatic N) is 3. The molecule has 1 aliphatic rings. The number of hydrogen-bond donors (Lipinski definition) is 2. The molecular weight excluding hydrogens is 483 g/mol. The zero-order valence-corrected chi connectivity index (χ0v) is 19.8. The van der Waals surface area contributed by atoms with Crippen LogP contribution in [-0.4, -0.2) is 26.7 Å². The van der Waals surface area contributed by atoms with Gasteiger partial charge >= 0.3 is 6.18 Å². The highest BCUT2D eigenvalue weighted by Crippen LogP contribution is 2.29. The molecule has 7 nitrogen and oxygen atoms in total. The zero-order valence-electron chi connectivity index (χ0n) is 19.8. The average Bonchev–Trinajstić information content (AvgIpc) is 3.23. The van der Waals surface area contributed by atoms with Crippen LogP contribution in [0.5, 0.6) is 0 Å². The number of carbonyl (C=O) groups is 2. The number of aromatic nitrogens is 2. The van der Waals surface area contributed by atoms with Gasteiger partial charge in [-0.3, -0.25) is 14.6 Å². The van der Waals surface area contributed by atoms with E-state index in [0.29, 0.717) is 34.7 Å². The summed E-state index contributed by atoms with van der Waals surface area (Å²) in [6.45, 7) is 2.38. The summed E-state index contributed by atoms with van der Waals surface area (Å²) in [6.07, 6.45) is -3.74. The van der Waals surface area contributed by atoms with Gasteiger partial charge in [0.2, 0.25) is 0 Å². The van der Waals surface area contributed by atoms with Crippen LogP contribution in [0.25, 0.3) is 10.9 Å². The number of hydrogen-bond acceptors (Lipinski definition) is 5. The van der Waals surface area contributed by atoms with Crippen molar-refractivity contribution in [3.63, 3.8) is 0 Å². The van der Waals surface area contributed by atoms with Crippen LogP contribution in [0.2, 0.25) is 0 Å². The van der Waals surface area contributed by atoms with Crippen LogP contribution >= 0.6 is 0 Å². The Morgan fingerprint density at radius 1 is 1.08 bits per heavy atom. The van der Waals surface area contributed by atoms with Gasteiger partial charge < -0.3 is 16.0 Å². The number of halogens is 3. The summed E-state index contributed by atoms with van der Waals surface area (Å²) < 4.78 is 39.0. The fraction of sp³-hybridized carbons (Fsp3) is 0.185. The number of carbonyl (C=O) groups excluding carboxylic acids is 2. The number of pyridine rings is 2. The monoisotopic (exact) mass is 505 g/mol. The molecule has 0 spiro atoms. The molecule has 0 bridgehead atoms. The Kier molecular flexibility index (Phi) is 6.02. The number of benzene rings is 2. The summed E-state index contributed by atoms with van der Waals surface area (Å²) in [7, 11) is 0. The van der Waals surface area contributed by atoms with Crippen LogP contribution in [-0.2, 0) is 25.8 Å². The van der Waals surface area contributed by atoms with E-state index in [1.165, 1.54) is 11.0 Å². The average molecular weight is 506 g/mol. The quantitative estimate of drug-likeness (QED) is 0.412. The lowest BCUT2D eigenvalue weighted by molar-refractivity contribution is -0.137. The lowest BCUT2D eigenvalue weighted by atomic mass is 10.0. The first-order chi connectivity index (χ1) is 17.6. The molecule has 0 radical (unpaired) electrons. The van der Waals surface area contributed by atoms with Crippen molar-refractivity contribution in [2.24, 2.45) is 0 Å². The van der Waals surface area contributed by atoms with Crippen LogP contribution in [0.15, 0.2) is 60.8 Å². The Morgan fingerprint density at radius 3 is 2.62 bits per heavy atom. The highest BCUT2D eigenvalue weighted by Gasteiger charge is 2.31. The molecule has 0 saturated carbocycles. The Labute approximate surface area is 210 Å². The number of alkyl halides is 3. The molecule has 10 heteroatoms. The van der Waals surface area contributed by atoms with Crippen molar-refractivity contribution in [2.75, 3.05) is 5.73 Å². The third kappa shape index (κ3) is 4.95. The molecule has 4 aromatic rings. The van der Waals surface area contributed by atoms with Gasteiger partial charge in [0, 0.05) is 35.8 Å². The summed E-state index contributed by atoms with van der Waals surface area (Å²) in [4.78, 5) is 35.4. The highest BCUT2D eigenvalue weighted by molar-refractivity contribution is 5.99. The standard InChI is InChI=1S/C27H22F3N5O2/c1-15-8-18-10-17(3-7-23(18)34-24(15)31)26(37)35(14-21-5-4-20(12-32-21)27(28,29)30)13-16-2-6-22-19(9-16)11-33-25(22)36/h2-10,12H,11,13-14H2,1H3,(H2,31,34)(H,33,36).